The fourth-order valence-electron chi connectivity index (χ4n) is 3.92. The number of hydrogen-bond donors (Lipinski definition) is 1. The molecule has 1 N–H and O–H groups in total. The van der Waals surface area contributed by atoms with Crippen LogP contribution in [-0.2, 0) is 11.3 Å². The molecular formula is C18H24N4O2. The first-order chi connectivity index (χ1) is 11.8. The lowest BCUT2D eigenvalue weighted by atomic mass is 9.83. The smallest absolute Gasteiger partial charge is 0.317 e. The summed E-state index contributed by atoms with van der Waals surface area (Å²) in [4.78, 5) is 14.5. The van der Waals surface area contributed by atoms with Crippen LogP contribution in [0.25, 0.3) is 5.52 Å². The van der Waals surface area contributed by atoms with E-state index in [0.29, 0.717) is 26.2 Å². The van der Waals surface area contributed by atoms with E-state index in [0.717, 1.165) is 23.9 Å². The van der Waals surface area contributed by atoms with Crippen molar-refractivity contribution in [3.63, 3.8) is 0 Å². The Balaban J connectivity index is 1.39. The highest BCUT2D eigenvalue weighted by atomic mass is 16.5. The Hall–Kier alpha value is -2.08. The van der Waals surface area contributed by atoms with Gasteiger partial charge in [-0.2, -0.15) is 5.10 Å². The van der Waals surface area contributed by atoms with Gasteiger partial charge in [0.25, 0.3) is 0 Å². The highest BCUT2D eigenvalue weighted by Gasteiger charge is 2.39. The summed E-state index contributed by atoms with van der Waals surface area (Å²) < 4.78 is 7.89. The quantitative estimate of drug-likeness (QED) is 0.922. The lowest BCUT2D eigenvalue weighted by Gasteiger charge is -2.44. The van der Waals surface area contributed by atoms with Crippen LogP contribution in [0, 0.1) is 0 Å². The Morgan fingerprint density at radius 3 is 3.04 bits per heavy atom. The van der Waals surface area contributed by atoms with Gasteiger partial charge >= 0.3 is 6.03 Å². The predicted octanol–water partition coefficient (Wildman–Crippen LogP) is 2.58. The SMILES string of the molecule is O=C(NCc1cnn2ccccc12)N1CCOC2(CCCCC2)C1. The Labute approximate surface area is 141 Å². The summed E-state index contributed by atoms with van der Waals surface area (Å²) in [5.41, 5.74) is 1.96. The van der Waals surface area contributed by atoms with Crippen LogP contribution in [0.2, 0.25) is 0 Å². The number of hydrogen-bond acceptors (Lipinski definition) is 3. The summed E-state index contributed by atoms with van der Waals surface area (Å²) >= 11 is 0. The molecule has 24 heavy (non-hydrogen) atoms. The van der Waals surface area contributed by atoms with Gasteiger partial charge in [0.2, 0.25) is 0 Å². The summed E-state index contributed by atoms with van der Waals surface area (Å²) in [5, 5.41) is 7.36. The average molecular weight is 328 g/mol. The van der Waals surface area contributed by atoms with Gasteiger partial charge < -0.3 is 15.0 Å². The highest BCUT2D eigenvalue weighted by molar-refractivity contribution is 5.74. The molecule has 2 amide bonds. The highest BCUT2D eigenvalue weighted by Crippen LogP contribution is 2.34. The third-order valence-corrected chi connectivity index (χ3v) is 5.24. The first kappa shape index (κ1) is 15.4. The second-order valence-corrected chi connectivity index (χ2v) is 6.87. The van der Waals surface area contributed by atoms with Crippen molar-refractivity contribution in [2.45, 2.75) is 44.2 Å². The molecule has 6 heteroatoms. The molecule has 2 aromatic heterocycles. The van der Waals surface area contributed by atoms with E-state index >= 15 is 0 Å². The van der Waals surface area contributed by atoms with Crippen LogP contribution in [0.1, 0.15) is 37.7 Å². The molecule has 0 unspecified atom stereocenters. The third kappa shape index (κ3) is 2.98. The zero-order chi connectivity index (χ0) is 16.4. The Morgan fingerprint density at radius 1 is 1.29 bits per heavy atom. The molecule has 2 aromatic rings. The third-order valence-electron chi connectivity index (χ3n) is 5.24. The first-order valence-electron chi connectivity index (χ1n) is 8.84. The molecule has 4 rings (SSSR count). The molecule has 2 fully saturated rings. The van der Waals surface area contributed by atoms with E-state index in [1.54, 1.807) is 0 Å². The first-order valence-corrected chi connectivity index (χ1v) is 8.84. The largest absolute Gasteiger partial charge is 0.371 e. The Morgan fingerprint density at radius 2 is 2.17 bits per heavy atom. The summed E-state index contributed by atoms with van der Waals surface area (Å²) in [5.74, 6) is 0. The number of morpholine rings is 1. The van der Waals surface area contributed by atoms with Gasteiger partial charge in [-0.1, -0.05) is 25.3 Å². The van der Waals surface area contributed by atoms with Gasteiger partial charge in [0.05, 0.1) is 30.5 Å². The Kier molecular flexibility index (Phi) is 4.14. The maximum atomic E-state index is 12.6. The maximum Gasteiger partial charge on any atom is 0.317 e. The molecule has 128 valence electrons. The van der Waals surface area contributed by atoms with Gasteiger partial charge in [-0.05, 0) is 25.0 Å². The minimum Gasteiger partial charge on any atom is -0.371 e. The zero-order valence-corrected chi connectivity index (χ0v) is 13.9. The average Bonchev–Trinajstić information content (AvgIpc) is 3.03. The second kappa shape index (κ2) is 6.43. The van der Waals surface area contributed by atoms with Crippen LogP contribution >= 0.6 is 0 Å². The lowest BCUT2D eigenvalue weighted by Crippen LogP contribution is -2.56. The fourth-order valence-corrected chi connectivity index (χ4v) is 3.92. The topological polar surface area (TPSA) is 58.9 Å². The number of pyridine rings is 1. The predicted molar refractivity (Wildman–Crippen MR) is 90.8 cm³/mol. The summed E-state index contributed by atoms with van der Waals surface area (Å²) in [7, 11) is 0. The second-order valence-electron chi connectivity index (χ2n) is 6.87. The summed E-state index contributed by atoms with van der Waals surface area (Å²) in [6, 6.07) is 5.94. The molecule has 0 radical (unpaired) electrons. The fraction of sp³-hybridized carbons (Fsp3) is 0.556. The van der Waals surface area contributed by atoms with Crippen molar-refractivity contribution in [3.05, 3.63) is 36.2 Å². The van der Waals surface area contributed by atoms with E-state index in [1.165, 1.54) is 19.3 Å². The number of urea groups is 1. The van der Waals surface area contributed by atoms with Gasteiger partial charge in [0.1, 0.15) is 0 Å². The van der Waals surface area contributed by atoms with Gasteiger partial charge in [0.15, 0.2) is 0 Å². The number of carbonyl (C=O) groups is 1. The molecule has 1 aliphatic carbocycles. The van der Waals surface area contributed by atoms with Crippen molar-refractivity contribution in [1.82, 2.24) is 19.8 Å². The molecule has 1 saturated carbocycles. The van der Waals surface area contributed by atoms with E-state index in [9.17, 15) is 4.79 Å². The van der Waals surface area contributed by atoms with Crippen LogP contribution < -0.4 is 5.32 Å². The molecule has 1 aliphatic heterocycles. The van der Waals surface area contributed by atoms with E-state index in [4.69, 9.17) is 4.74 Å². The summed E-state index contributed by atoms with van der Waals surface area (Å²) in [6.07, 6.45) is 9.57. The van der Waals surface area contributed by atoms with Crippen molar-refractivity contribution in [1.29, 1.82) is 0 Å². The molecule has 0 aromatic carbocycles. The van der Waals surface area contributed by atoms with E-state index < -0.39 is 0 Å². The molecule has 1 saturated heterocycles. The lowest BCUT2D eigenvalue weighted by molar-refractivity contribution is -0.116. The van der Waals surface area contributed by atoms with Gasteiger partial charge in [-0.3, -0.25) is 0 Å². The van der Waals surface area contributed by atoms with E-state index in [-0.39, 0.29) is 11.6 Å². The van der Waals surface area contributed by atoms with Gasteiger partial charge in [-0.15, -0.1) is 0 Å². The van der Waals surface area contributed by atoms with Crippen molar-refractivity contribution in [3.8, 4) is 0 Å². The van der Waals surface area contributed by atoms with Crippen LogP contribution in [0.5, 0.6) is 0 Å². The molecule has 0 atom stereocenters. The number of aromatic nitrogens is 2. The van der Waals surface area contributed by atoms with E-state index in [1.807, 2.05) is 40.0 Å². The zero-order valence-electron chi connectivity index (χ0n) is 13.9. The number of fused-ring (bicyclic) bond motifs is 1. The monoisotopic (exact) mass is 328 g/mol. The van der Waals surface area contributed by atoms with Crippen LogP contribution in [0.15, 0.2) is 30.6 Å². The van der Waals surface area contributed by atoms with Crippen LogP contribution in [-0.4, -0.2) is 45.8 Å². The molecule has 2 aliphatic rings. The van der Waals surface area contributed by atoms with Gasteiger partial charge in [-0.25, -0.2) is 9.31 Å². The number of nitrogens with zero attached hydrogens (tertiary/aromatic N) is 3. The van der Waals surface area contributed by atoms with Crippen LogP contribution in [0.4, 0.5) is 4.79 Å². The standard InChI is InChI=1S/C18H24N4O2/c23-17(19-12-15-13-20-22-9-5-2-6-16(15)22)21-10-11-24-18(14-21)7-3-1-4-8-18/h2,5-6,9,13H,1,3-4,7-8,10-12,14H2,(H,19,23). The van der Waals surface area contributed by atoms with Crippen LogP contribution in [0.3, 0.4) is 0 Å². The van der Waals surface area contributed by atoms with Crippen molar-refractivity contribution < 1.29 is 9.53 Å². The molecule has 0 bridgehead atoms. The van der Waals surface area contributed by atoms with Crippen molar-refractivity contribution in [2.24, 2.45) is 0 Å². The number of amides is 2. The minimum atomic E-state index is -0.0990. The minimum absolute atomic E-state index is 0.00136. The van der Waals surface area contributed by atoms with E-state index in [2.05, 4.69) is 10.4 Å². The molecular weight excluding hydrogens is 304 g/mol. The maximum absolute atomic E-state index is 12.6. The van der Waals surface area contributed by atoms with Crippen molar-refractivity contribution in [2.75, 3.05) is 19.7 Å². The number of rotatable bonds is 2. The molecule has 1 spiro atoms. The molecule has 6 nitrogen and oxygen atoms in total. The van der Waals surface area contributed by atoms with Gasteiger partial charge in [0, 0.05) is 24.8 Å². The number of ether oxygens (including phenoxy) is 1. The number of nitrogens with one attached hydrogen (secondary N) is 1. The van der Waals surface area contributed by atoms with Crippen molar-refractivity contribution >= 4 is 11.5 Å². The number of carbonyl (C=O) groups excluding carboxylic acids is 1. The normalized spacial score (nSPS) is 20.4. The molecule has 3 heterocycles. The summed E-state index contributed by atoms with van der Waals surface area (Å²) in [6.45, 7) is 2.52. The Bertz CT molecular complexity index is 715.